The van der Waals surface area contributed by atoms with E-state index < -0.39 is 0 Å². The highest BCUT2D eigenvalue weighted by molar-refractivity contribution is 5.85. The van der Waals surface area contributed by atoms with Gasteiger partial charge in [-0.2, -0.15) is 0 Å². The molecule has 3 nitrogen and oxygen atoms in total. The van der Waals surface area contributed by atoms with Crippen molar-refractivity contribution < 1.29 is 27.7 Å². The van der Waals surface area contributed by atoms with Gasteiger partial charge in [-0.1, -0.05) is 32.9 Å². The van der Waals surface area contributed by atoms with Gasteiger partial charge in [0.15, 0.2) is 0 Å². The SMILES string of the molecule is CC(C)(C)C(=O)Cc1cccc(OCC[NH3+])c1.[Cl-]. The van der Waals surface area contributed by atoms with Crippen LogP contribution in [0.4, 0.5) is 0 Å². The molecule has 102 valence electrons. The maximum atomic E-state index is 11.9. The summed E-state index contributed by atoms with van der Waals surface area (Å²) in [4.78, 5) is 11.9. The van der Waals surface area contributed by atoms with Gasteiger partial charge < -0.3 is 22.9 Å². The molecule has 18 heavy (non-hydrogen) atoms. The fourth-order valence-corrected chi connectivity index (χ4v) is 1.39. The first-order chi connectivity index (χ1) is 7.93. The van der Waals surface area contributed by atoms with Gasteiger partial charge in [-0.05, 0) is 17.7 Å². The minimum atomic E-state index is -0.287. The van der Waals surface area contributed by atoms with E-state index in [0.29, 0.717) is 13.0 Å². The molecule has 0 bridgehead atoms. The van der Waals surface area contributed by atoms with E-state index in [0.717, 1.165) is 17.9 Å². The summed E-state index contributed by atoms with van der Waals surface area (Å²) in [5.74, 6) is 1.06. The first-order valence-electron chi connectivity index (χ1n) is 5.98. The van der Waals surface area contributed by atoms with E-state index in [1.165, 1.54) is 0 Å². The molecule has 0 saturated carbocycles. The Morgan fingerprint density at radius 3 is 2.56 bits per heavy atom. The molecule has 3 N–H and O–H groups in total. The number of hydrogen-bond donors (Lipinski definition) is 1. The highest BCUT2D eigenvalue weighted by atomic mass is 35.5. The van der Waals surface area contributed by atoms with Gasteiger partial charge in [-0.15, -0.1) is 0 Å². The standard InChI is InChI=1S/C14H21NO2.ClH/c1-14(2,3)13(16)10-11-5-4-6-12(9-11)17-8-7-15;/h4-6,9H,7-8,10,15H2,1-3H3;1H. The lowest BCUT2D eigenvalue weighted by molar-refractivity contribution is -0.370. The predicted molar refractivity (Wildman–Crippen MR) is 67.9 cm³/mol. The topological polar surface area (TPSA) is 53.9 Å². The van der Waals surface area contributed by atoms with Gasteiger partial charge in [0.25, 0.3) is 0 Å². The number of ketones is 1. The average Bonchev–Trinajstić information content (AvgIpc) is 2.25. The van der Waals surface area contributed by atoms with Gasteiger partial charge >= 0.3 is 0 Å². The van der Waals surface area contributed by atoms with Crippen LogP contribution in [0.3, 0.4) is 0 Å². The smallest absolute Gasteiger partial charge is 0.142 e. The quantitative estimate of drug-likeness (QED) is 0.707. The van der Waals surface area contributed by atoms with Crippen molar-refractivity contribution in [3.8, 4) is 5.75 Å². The van der Waals surface area contributed by atoms with Crippen molar-refractivity contribution in [2.24, 2.45) is 5.41 Å². The molecule has 0 aromatic heterocycles. The molecule has 0 heterocycles. The predicted octanol–water partition coefficient (Wildman–Crippen LogP) is -1.53. The zero-order chi connectivity index (χ0) is 12.9. The Morgan fingerprint density at radius 2 is 2.00 bits per heavy atom. The van der Waals surface area contributed by atoms with Crippen molar-refractivity contribution in [3.05, 3.63) is 29.8 Å². The van der Waals surface area contributed by atoms with Crippen LogP contribution in [-0.2, 0) is 11.2 Å². The summed E-state index contributed by atoms with van der Waals surface area (Å²) in [6.07, 6.45) is 0.463. The Bertz CT molecular complexity index is 386. The molecule has 0 aliphatic carbocycles. The lowest BCUT2D eigenvalue weighted by Gasteiger charge is -2.16. The fraction of sp³-hybridized carbons (Fsp3) is 0.500. The number of hydrogen-bond acceptors (Lipinski definition) is 2. The van der Waals surface area contributed by atoms with Gasteiger partial charge in [0.1, 0.15) is 24.7 Å². The van der Waals surface area contributed by atoms with E-state index in [2.05, 4.69) is 5.73 Å². The number of halogens is 1. The van der Waals surface area contributed by atoms with Crippen LogP contribution >= 0.6 is 0 Å². The van der Waals surface area contributed by atoms with Crippen molar-refractivity contribution >= 4 is 5.78 Å². The van der Waals surface area contributed by atoms with Crippen molar-refractivity contribution in [2.45, 2.75) is 27.2 Å². The van der Waals surface area contributed by atoms with Crippen LogP contribution in [0.1, 0.15) is 26.3 Å². The van der Waals surface area contributed by atoms with Crippen molar-refractivity contribution in [3.63, 3.8) is 0 Å². The molecule has 0 spiro atoms. The summed E-state index contributed by atoms with van der Waals surface area (Å²) >= 11 is 0. The summed E-state index contributed by atoms with van der Waals surface area (Å²) in [5.41, 5.74) is 4.44. The van der Waals surface area contributed by atoms with Crippen molar-refractivity contribution in [1.82, 2.24) is 0 Å². The Hall–Kier alpha value is -1.06. The van der Waals surface area contributed by atoms with Gasteiger partial charge in [-0.3, -0.25) is 4.79 Å². The molecule has 0 radical (unpaired) electrons. The number of rotatable bonds is 5. The second-order valence-electron chi connectivity index (χ2n) is 5.20. The number of carbonyl (C=O) groups excluding carboxylic acids is 1. The Morgan fingerprint density at radius 1 is 1.33 bits per heavy atom. The van der Waals surface area contributed by atoms with Crippen LogP contribution in [-0.4, -0.2) is 18.9 Å². The molecule has 0 fully saturated rings. The van der Waals surface area contributed by atoms with Crippen LogP contribution in [0.5, 0.6) is 5.75 Å². The van der Waals surface area contributed by atoms with E-state index in [1.807, 2.05) is 45.0 Å². The summed E-state index contributed by atoms with van der Waals surface area (Å²) in [6.45, 7) is 7.18. The minimum Gasteiger partial charge on any atom is -1.00 e. The van der Waals surface area contributed by atoms with E-state index in [4.69, 9.17) is 4.74 Å². The van der Waals surface area contributed by atoms with Gasteiger partial charge in [-0.25, -0.2) is 0 Å². The van der Waals surface area contributed by atoms with E-state index in [1.54, 1.807) is 0 Å². The summed E-state index contributed by atoms with van der Waals surface area (Å²) < 4.78 is 5.49. The van der Waals surface area contributed by atoms with Gasteiger partial charge in [0.05, 0.1) is 0 Å². The van der Waals surface area contributed by atoms with Crippen molar-refractivity contribution in [1.29, 1.82) is 0 Å². The molecule has 1 rings (SSSR count). The first-order valence-corrected chi connectivity index (χ1v) is 5.98. The van der Waals surface area contributed by atoms with Crippen LogP contribution in [0.25, 0.3) is 0 Å². The molecule has 0 aliphatic rings. The fourth-order valence-electron chi connectivity index (χ4n) is 1.39. The highest BCUT2D eigenvalue weighted by Crippen LogP contribution is 2.20. The molecule has 0 saturated heterocycles. The Labute approximate surface area is 115 Å². The van der Waals surface area contributed by atoms with Gasteiger partial charge in [0, 0.05) is 11.8 Å². The van der Waals surface area contributed by atoms with E-state index >= 15 is 0 Å². The Kier molecular flexibility index (Phi) is 6.96. The molecular weight excluding hydrogens is 250 g/mol. The third kappa shape index (κ3) is 5.52. The molecule has 4 heteroatoms. The van der Waals surface area contributed by atoms with Crippen LogP contribution in [0.2, 0.25) is 0 Å². The largest absolute Gasteiger partial charge is 1.00 e. The molecular formula is C14H22ClNO2. The number of carbonyl (C=O) groups is 1. The normalized spacial score (nSPS) is 10.7. The number of quaternary nitrogens is 1. The molecule has 1 aromatic rings. The molecule has 0 unspecified atom stereocenters. The summed E-state index contributed by atoms with van der Waals surface area (Å²) in [7, 11) is 0. The van der Waals surface area contributed by atoms with E-state index in [-0.39, 0.29) is 23.6 Å². The second-order valence-corrected chi connectivity index (χ2v) is 5.20. The maximum Gasteiger partial charge on any atom is 0.142 e. The minimum absolute atomic E-state index is 0. The molecule has 0 atom stereocenters. The van der Waals surface area contributed by atoms with Crippen molar-refractivity contribution in [2.75, 3.05) is 13.2 Å². The average molecular weight is 272 g/mol. The van der Waals surface area contributed by atoms with Gasteiger partial charge in [0.2, 0.25) is 0 Å². The third-order valence-corrected chi connectivity index (χ3v) is 2.51. The first kappa shape index (κ1) is 16.9. The maximum absolute atomic E-state index is 11.9. The molecule has 0 aliphatic heterocycles. The number of Topliss-reactive ketones (excluding diaryl/α,β-unsaturated/α-hetero) is 1. The lowest BCUT2D eigenvalue weighted by atomic mass is 9.87. The number of ether oxygens (including phenoxy) is 1. The lowest BCUT2D eigenvalue weighted by Crippen LogP contribution is -3.00. The molecule has 1 aromatic carbocycles. The van der Waals surface area contributed by atoms with E-state index in [9.17, 15) is 4.79 Å². The highest BCUT2D eigenvalue weighted by Gasteiger charge is 2.21. The summed E-state index contributed by atoms with van der Waals surface area (Å²) in [5, 5.41) is 0. The Balaban J connectivity index is 0.00000289. The molecule has 0 amide bonds. The number of benzene rings is 1. The third-order valence-electron chi connectivity index (χ3n) is 2.51. The van der Waals surface area contributed by atoms with Crippen LogP contribution in [0, 0.1) is 5.41 Å². The van der Waals surface area contributed by atoms with Crippen LogP contribution in [0.15, 0.2) is 24.3 Å². The zero-order valence-electron chi connectivity index (χ0n) is 11.3. The van der Waals surface area contributed by atoms with Crippen LogP contribution < -0.4 is 22.9 Å². The summed E-state index contributed by atoms with van der Waals surface area (Å²) in [6, 6.07) is 7.71. The zero-order valence-corrected chi connectivity index (χ0v) is 12.1. The monoisotopic (exact) mass is 271 g/mol. The second kappa shape index (κ2) is 7.39.